The Morgan fingerprint density at radius 2 is 1.82 bits per heavy atom. The lowest BCUT2D eigenvalue weighted by Crippen LogP contribution is -2.20. The molecule has 0 aliphatic rings. The first-order valence-electron chi connectivity index (χ1n) is 6.38. The fraction of sp³-hybridized carbons (Fsp3) is 0.133. The molecule has 0 unspecified atom stereocenters. The summed E-state index contributed by atoms with van der Waals surface area (Å²) < 4.78 is 38.8. The van der Waals surface area contributed by atoms with Crippen molar-refractivity contribution < 1.29 is 12.8 Å². The summed E-state index contributed by atoms with van der Waals surface area (Å²) in [5.41, 5.74) is 1.48. The van der Waals surface area contributed by atoms with Crippen LogP contribution in [0.15, 0.2) is 52.5 Å². The van der Waals surface area contributed by atoms with E-state index in [1.165, 1.54) is 18.2 Å². The standard InChI is InChI=1S/C15H14FIN2O2S/c1-10-3-6-13(7-4-10)22(20,21)19-18-11(2)14-9-12(17)5-8-15(14)16/h3-9,19H,1-2H3/b18-11+. The Hall–Kier alpha value is -1.48. The zero-order valence-corrected chi connectivity index (χ0v) is 14.9. The van der Waals surface area contributed by atoms with E-state index in [0.29, 0.717) is 0 Å². The fourth-order valence-corrected chi connectivity index (χ4v) is 3.08. The Bertz CT molecular complexity index is 818. The molecule has 0 heterocycles. The van der Waals surface area contributed by atoms with Crippen molar-refractivity contribution in [2.75, 3.05) is 0 Å². The minimum atomic E-state index is -3.76. The SMILES string of the molecule is C/C(=N\NS(=O)(=O)c1ccc(C)cc1)c1cc(I)ccc1F. The van der Waals surface area contributed by atoms with Crippen molar-refractivity contribution in [3.8, 4) is 0 Å². The summed E-state index contributed by atoms with van der Waals surface area (Å²) in [6.45, 7) is 3.41. The second-order valence-corrected chi connectivity index (χ2v) is 7.64. The molecule has 0 spiro atoms. The number of halogens is 2. The predicted molar refractivity (Wildman–Crippen MR) is 92.8 cm³/mol. The number of rotatable bonds is 4. The Morgan fingerprint density at radius 1 is 1.18 bits per heavy atom. The molecule has 2 aromatic rings. The second kappa shape index (κ2) is 6.74. The molecule has 0 atom stereocenters. The Kier molecular flexibility index (Phi) is 5.17. The summed E-state index contributed by atoms with van der Waals surface area (Å²) in [4.78, 5) is 2.24. The number of benzene rings is 2. The third-order valence-electron chi connectivity index (χ3n) is 2.98. The molecule has 22 heavy (non-hydrogen) atoms. The predicted octanol–water partition coefficient (Wildman–Crippen LogP) is 3.44. The van der Waals surface area contributed by atoms with Gasteiger partial charge in [-0.2, -0.15) is 18.4 Å². The van der Waals surface area contributed by atoms with E-state index in [0.717, 1.165) is 9.13 Å². The molecule has 116 valence electrons. The van der Waals surface area contributed by atoms with Crippen LogP contribution in [0.25, 0.3) is 0 Å². The molecule has 0 aliphatic carbocycles. The fourth-order valence-electron chi connectivity index (χ4n) is 1.73. The van der Waals surface area contributed by atoms with Crippen molar-refractivity contribution in [1.82, 2.24) is 4.83 Å². The normalized spacial score (nSPS) is 12.3. The summed E-state index contributed by atoms with van der Waals surface area (Å²) in [6.07, 6.45) is 0. The maximum atomic E-state index is 13.7. The Labute approximate surface area is 142 Å². The average molecular weight is 432 g/mol. The largest absolute Gasteiger partial charge is 0.276 e. The number of hydrogen-bond donors (Lipinski definition) is 1. The van der Waals surface area contributed by atoms with Gasteiger partial charge in [0.1, 0.15) is 5.82 Å². The minimum Gasteiger partial charge on any atom is -0.206 e. The van der Waals surface area contributed by atoms with Gasteiger partial charge >= 0.3 is 0 Å². The van der Waals surface area contributed by atoms with Crippen molar-refractivity contribution in [3.63, 3.8) is 0 Å². The molecule has 2 aromatic carbocycles. The number of nitrogens with one attached hydrogen (secondary N) is 1. The van der Waals surface area contributed by atoms with Crippen molar-refractivity contribution in [2.24, 2.45) is 5.10 Å². The van der Waals surface area contributed by atoms with E-state index < -0.39 is 15.8 Å². The summed E-state index contributed by atoms with van der Waals surface area (Å²) >= 11 is 2.05. The molecule has 0 saturated heterocycles. The van der Waals surface area contributed by atoms with Crippen molar-refractivity contribution in [2.45, 2.75) is 18.7 Å². The molecule has 7 heteroatoms. The summed E-state index contributed by atoms with van der Waals surface area (Å²) in [5, 5.41) is 3.80. The topological polar surface area (TPSA) is 58.5 Å². The van der Waals surface area contributed by atoms with Gasteiger partial charge in [-0.25, -0.2) is 4.39 Å². The molecule has 0 saturated carbocycles. The van der Waals surface area contributed by atoms with Gasteiger partial charge in [0.2, 0.25) is 0 Å². The molecule has 4 nitrogen and oxygen atoms in total. The molecule has 2 rings (SSSR count). The first kappa shape index (κ1) is 16.9. The first-order chi connectivity index (χ1) is 10.3. The molecule has 0 aromatic heterocycles. The van der Waals surface area contributed by atoms with Gasteiger partial charge in [-0.1, -0.05) is 17.7 Å². The summed E-state index contributed by atoms with van der Waals surface area (Å²) in [7, 11) is -3.76. The van der Waals surface area contributed by atoms with Crippen LogP contribution in [0.2, 0.25) is 0 Å². The molecular formula is C15H14FIN2O2S. The van der Waals surface area contributed by atoms with Crippen LogP contribution in [0.3, 0.4) is 0 Å². The summed E-state index contributed by atoms with van der Waals surface area (Å²) in [5.74, 6) is -0.448. The maximum absolute atomic E-state index is 13.7. The number of hydrazone groups is 1. The first-order valence-corrected chi connectivity index (χ1v) is 8.94. The van der Waals surface area contributed by atoms with Crippen LogP contribution in [0, 0.1) is 16.3 Å². The van der Waals surface area contributed by atoms with Gasteiger partial charge in [0.15, 0.2) is 0 Å². The number of hydrogen-bond acceptors (Lipinski definition) is 3. The Balaban J connectivity index is 2.26. The van der Waals surface area contributed by atoms with Crippen LogP contribution in [0.4, 0.5) is 4.39 Å². The number of aryl methyl sites for hydroxylation is 1. The number of nitrogens with zero attached hydrogens (tertiary/aromatic N) is 1. The smallest absolute Gasteiger partial charge is 0.206 e. The number of sulfonamides is 1. The molecule has 0 amide bonds. The highest BCUT2D eigenvalue weighted by Crippen LogP contribution is 2.14. The van der Waals surface area contributed by atoms with Gasteiger partial charge in [-0.3, -0.25) is 0 Å². The van der Waals surface area contributed by atoms with Gasteiger partial charge in [0, 0.05) is 9.13 Å². The van der Waals surface area contributed by atoms with Crippen LogP contribution in [-0.4, -0.2) is 14.1 Å². The maximum Gasteiger partial charge on any atom is 0.276 e. The highest BCUT2D eigenvalue weighted by Gasteiger charge is 2.13. The highest BCUT2D eigenvalue weighted by molar-refractivity contribution is 14.1. The van der Waals surface area contributed by atoms with E-state index in [-0.39, 0.29) is 16.2 Å². The van der Waals surface area contributed by atoms with Gasteiger partial charge < -0.3 is 0 Å². The van der Waals surface area contributed by atoms with Crippen LogP contribution in [0.5, 0.6) is 0 Å². The van der Waals surface area contributed by atoms with Gasteiger partial charge in [-0.05, 0) is 66.8 Å². The third-order valence-corrected chi connectivity index (χ3v) is 4.88. The van der Waals surface area contributed by atoms with Gasteiger partial charge in [-0.15, -0.1) is 0 Å². The zero-order valence-electron chi connectivity index (χ0n) is 12.0. The van der Waals surface area contributed by atoms with Gasteiger partial charge in [0.05, 0.1) is 10.6 Å². The van der Waals surface area contributed by atoms with Crippen molar-refractivity contribution in [1.29, 1.82) is 0 Å². The van der Waals surface area contributed by atoms with E-state index in [1.807, 2.05) is 6.92 Å². The molecule has 0 fully saturated rings. The van der Waals surface area contributed by atoms with E-state index in [9.17, 15) is 12.8 Å². The zero-order chi connectivity index (χ0) is 16.3. The van der Waals surface area contributed by atoms with Crippen LogP contribution in [-0.2, 0) is 10.0 Å². The lowest BCUT2D eigenvalue weighted by atomic mass is 10.1. The second-order valence-electron chi connectivity index (χ2n) is 4.73. The molecule has 1 N–H and O–H groups in total. The van der Waals surface area contributed by atoms with E-state index in [1.54, 1.807) is 31.2 Å². The van der Waals surface area contributed by atoms with E-state index in [4.69, 9.17) is 0 Å². The molecule has 0 bridgehead atoms. The Morgan fingerprint density at radius 3 is 2.45 bits per heavy atom. The quantitative estimate of drug-likeness (QED) is 0.457. The molecule has 0 aliphatic heterocycles. The van der Waals surface area contributed by atoms with Crippen LogP contribution in [0.1, 0.15) is 18.1 Å². The molecular weight excluding hydrogens is 418 g/mol. The molecule has 0 radical (unpaired) electrons. The lowest BCUT2D eigenvalue weighted by molar-refractivity contribution is 0.584. The van der Waals surface area contributed by atoms with Crippen LogP contribution >= 0.6 is 22.6 Å². The summed E-state index contributed by atoms with van der Waals surface area (Å²) in [6, 6.07) is 10.9. The van der Waals surface area contributed by atoms with E-state index in [2.05, 4.69) is 32.5 Å². The monoisotopic (exact) mass is 432 g/mol. The highest BCUT2D eigenvalue weighted by atomic mass is 127. The van der Waals surface area contributed by atoms with Crippen molar-refractivity contribution in [3.05, 3.63) is 63.0 Å². The lowest BCUT2D eigenvalue weighted by Gasteiger charge is -2.07. The average Bonchev–Trinajstić information content (AvgIpc) is 2.48. The van der Waals surface area contributed by atoms with Crippen LogP contribution < -0.4 is 4.83 Å². The van der Waals surface area contributed by atoms with E-state index >= 15 is 0 Å². The third kappa shape index (κ3) is 4.04. The minimum absolute atomic E-state index is 0.109. The van der Waals surface area contributed by atoms with Gasteiger partial charge in [0.25, 0.3) is 10.0 Å². The van der Waals surface area contributed by atoms with Crippen molar-refractivity contribution >= 4 is 38.3 Å².